The van der Waals surface area contributed by atoms with E-state index in [4.69, 9.17) is 0 Å². The zero-order valence-corrected chi connectivity index (χ0v) is 15.7. The maximum absolute atomic E-state index is 11.3. The highest BCUT2D eigenvalue weighted by Crippen LogP contribution is 2.23. The number of aliphatic imine (C=N–C) groups is 1. The molecule has 1 atom stereocenters. The smallest absolute Gasteiger partial charge is 0.191 e. The summed E-state index contributed by atoms with van der Waals surface area (Å²) in [5.74, 6) is 0.921. The van der Waals surface area contributed by atoms with Crippen LogP contribution in [0.5, 0.6) is 0 Å². The predicted octanol–water partition coefficient (Wildman–Crippen LogP) is 2.05. The van der Waals surface area contributed by atoms with Gasteiger partial charge in [-0.1, -0.05) is 18.2 Å². The standard InChI is InChI=1S/C18H29N3O2S/c1-4-19-18(21-14(2)10-11-24(3,22)23)20-13-15-8-9-16-6-5-7-17(16)12-15/h8-9,12,14H,4-7,10-11,13H2,1-3H3,(H2,19,20,21). The Hall–Kier alpha value is -1.56. The fourth-order valence-electron chi connectivity index (χ4n) is 2.91. The number of hydrogen-bond donors (Lipinski definition) is 2. The predicted molar refractivity (Wildman–Crippen MR) is 100 cm³/mol. The van der Waals surface area contributed by atoms with Crippen LogP contribution in [-0.4, -0.2) is 39.0 Å². The molecule has 0 saturated heterocycles. The van der Waals surface area contributed by atoms with Gasteiger partial charge in [0.05, 0.1) is 12.3 Å². The molecule has 1 aromatic carbocycles. The summed E-state index contributed by atoms with van der Waals surface area (Å²) in [4.78, 5) is 4.64. The van der Waals surface area contributed by atoms with Crippen LogP contribution in [0, 0.1) is 0 Å². The first kappa shape index (κ1) is 18.8. The zero-order chi connectivity index (χ0) is 17.6. The minimum atomic E-state index is -2.93. The highest BCUT2D eigenvalue weighted by Gasteiger charge is 2.11. The normalized spacial score (nSPS) is 15.9. The Morgan fingerprint density at radius 2 is 2.04 bits per heavy atom. The number of rotatable bonds is 7. The van der Waals surface area contributed by atoms with Crippen molar-refractivity contribution in [2.75, 3.05) is 18.6 Å². The highest BCUT2D eigenvalue weighted by molar-refractivity contribution is 7.90. The number of benzene rings is 1. The van der Waals surface area contributed by atoms with E-state index in [1.165, 1.54) is 42.2 Å². The molecule has 1 aliphatic rings. The fourth-order valence-corrected chi connectivity index (χ4v) is 3.69. The van der Waals surface area contributed by atoms with Gasteiger partial charge in [0.2, 0.25) is 0 Å². The lowest BCUT2D eigenvalue weighted by atomic mass is 10.1. The molecule has 2 N–H and O–H groups in total. The van der Waals surface area contributed by atoms with Crippen molar-refractivity contribution in [2.45, 2.75) is 52.1 Å². The van der Waals surface area contributed by atoms with Gasteiger partial charge in [-0.3, -0.25) is 0 Å². The van der Waals surface area contributed by atoms with Crippen molar-refractivity contribution in [1.82, 2.24) is 10.6 Å². The third-order valence-corrected chi connectivity index (χ3v) is 5.21. The first-order chi connectivity index (χ1) is 11.4. The van der Waals surface area contributed by atoms with E-state index in [1.807, 2.05) is 13.8 Å². The van der Waals surface area contributed by atoms with Gasteiger partial charge in [0.15, 0.2) is 5.96 Å². The van der Waals surface area contributed by atoms with Crippen molar-refractivity contribution in [2.24, 2.45) is 4.99 Å². The molecular formula is C18H29N3O2S. The van der Waals surface area contributed by atoms with Gasteiger partial charge in [-0.15, -0.1) is 0 Å². The second kappa shape index (κ2) is 8.51. The minimum Gasteiger partial charge on any atom is -0.357 e. The first-order valence-electron chi connectivity index (χ1n) is 8.70. The lowest BCUT2D eigenvalue weighted by molar-refractivity contribution is 0.581. The maximum Gasteiger partial charge on any atom is 0.191 e. The molecule has 0 amide bonds. The van der Waals surface area contributed by atoms with Crippen LogP contribution in [0.15, 0.2) is 23.2 Å². The van der Waals surface area contributed by atoms with Gasteiger partial charge in [-0.25, -0.2) is 13.4 Å². The summed E-state index contributed by atoms with van der Waals surface area (Å²) >= 11 is 0. The quantitative estimate of drug-likeness (QED) is 0.583. The van der Waals surface area contributed by atoms with Crippen LogP contribution in [0.1, 0.15) is 43.4 Å². The molecule has 1 aromatic rings. The van der Waals surface area contributed by atoms with E-state index in [2.05, 4.69) is 33.8 Å². The average Bonchev–Trinajstić information content (AvgIpc) is 2.98. The maximum atomic E-state index is 11.3. The van der Waals surface area contributed by atoms with Gasteiger partial charge >= 0.3 is 0 Å². The Morgan fingerprint density at radius 3 is 2.75 bits per heavy atom. The number of hydrogen-bond acceptors (Lipinski definition) is 3. The molecule has 5 nitrogen and oxygen atoms in total. The fraction of sp³-hybridized carbons (Fsp3) is 0.611. The van der Waals surface area contributed by atoms with Crippen molar-refractivity contribution in [3.63, 3.8) is 0 Å². The molecule has 1 aliphatic carbocycles. The molecular weight excluding hydrogens is 322 g/mol. The molecule has 2 rings (SSSR count). The first-order valence-corrected chi connectivity index (χ1v) is 10.8. The van der Waals surface area contributed by atoms with Crippen LogP contribution < -0.4 is 10.6 Å². The van der Waals surface area contributed by atoms with E-state index in [0.717, 1.165) is 12.5 Å². The van der Waals surface area contributed by atoms with Crippen LogP contribution in [-0.2, 0) is 29.2 Å². The summed E-state index contributed by atoms with van der Waals surface area (Å²) in [6, 6.07) is 6.70. The largest absolute Gasteiger partial charge is 0.357 e. The van der Waals surface area contributed by atoms with Crippen molar-refractivity contribution in [1.29, 1.82) is 0 Å². The van der Waals surface area contributed by atoms with Crippen LogP contribution >= 0.6 is 0 Å². The molecule has 0 saturated carbocycles. The van der Waals surface area contributed by atoms with Gasteiger partial charge in [0.1, 0.15) is 9.84 Å². The summed E-state index contributed by atoms with van der Waals surface area (Å²) < 4.78 is 22.6. The topological polar surface area (TPSA) is 70.6 Å². The third kappa shape index (κ3) is 6.15. The second-order valence-electron chi connectivity index (χ2n) is 6.62. The SMILES string of the molecule is CCNC(=NCc1ccc2c(c1)CCC2)NC(C)CCS(C)(=O)=O. The Labute approximate surface area is 145 Å². The highest BCUT2D eigenvalue weighted by atomic mass is 32.2. The molecule has 0 radical (unpaired) electrons. The number of aryl methyl sites for hydroxylation is 2. The molecule has 0 bridgehead atoms. The lowest BCUT2D eigenvalue weighted by Crippen LogP contribution is -2.42. The monoisotopic (exact) mass is 351 g/mol. The summed E-state index contributed by atoms with van der Waals surface area (Å²) in [6.45, 7) is 5.40. The summed E-state index contributed by atoms with van der Waals surface area (Å²) in [7, 11) is -2.93. The van der Waals surface area contributed by atoms with Crippen molar-refractivity contribution in [3.8, 4) is 0 Å². The van der Waals surface area contributed by atoms with Crippen molar-refractivity contribution >= 4 is 15.8 Å². The van der Waals surface area contributed by atoms with Crippen LogP contribution in [0.2, 0.25) is 0 Å². The van der Waals surface area contributed by atoms with Gasteiger partial charge < -0.3 is 10.6 Å². The summed E-state index contributed by atoms with van der Waals surface area (Å²) in [6.07, 6.45) is 5.47. The van der Waals surface area contributed by atoms with Crippen LogP contribution in [0.3, 0.4) is 0 Å². The van der Waals surface area contributed by atoms with Crippen molar-refractivity contribution < 1.29 is 8.42 Å². The summed E-state index contributed by atoms with van der Waals surface area (Å²) in [5, 5.41) is 6.51. The van der Waals surface area contributed by atoms with E-state index in [0.29, 0.717) is 13.0 Å². The zero-order valence-electron chi connectivity index (χ0n) is 14.9. The molecule has 24 heavy (non-hydrogen) atoms. The van der Waals surface area contributed by atoms with E-state index in [1.54, 1.807) is 0 Å². The summed E-state index contributed by atoms with van der Waals surface area (Å²) in [5.41, 5.74) is 4.15. The minimum absolute atomic E-state index is 0.0533. The molecule has 0 spiro atoms. The molecule has 0 heterocycles. The number of guanidine groups is 1. The van der Waals surface area contributed by atoms with Crippen LogP contribution in [0.4, 0.5) is 0 Å². The molecule has 1 unspecified atom stereocenters. The lowest BCUT2D eigenvalue weighted by Gasteiger charge is -2.17. The molecule has 134 valence electrons. The van der Waals surface area contributed by atoms with E-state index < -0.39 is 9.84 Å². The number of sulfone groups is 1. The average molecular weight is 352 g/mol. The second-order valence-corrected chi connectivity index (χ2v) is 8.88. The van der Waals surface area contributed by atoms with E-state index in [9.17, 15) is 8.42 Å². The molecule has 0 fully saturated rings. The van der Waals surface area contributed by atoms with E-state index in [-0.39, 0.29) is 11.8 Å². The van der Waals surface area contributed by atoms with Gasteiger partial charge in [0.25, 0.3) is 0 Å². The molecule has 0 aliphatic heterocycles. The Morgan fingerprint density at radius 1 is 1.29 bits per heavy atom. The number of nitrogens with one attached hydrogen (secondary N) is 2. The Bertz CT molecular complexity index is 684. The number of nitrogens with zero attached hydrogens (tertiary/aromatic N) is 1. The Balaban J connectivity index is 1.94. The van der Waals surface area contributed by atoms with Crippen molar-refractivity contribution in [3.05, 3.63) is 34.9 Å². The Kier molecular flexibility index (Phi) is 6.66. The van der Waals surface area contributed by atoms with Gasteiger partial charge in [-0.05, 0) is 56.2 Å². The van der Waals surface area contributed by atoms with Gasteiger partial charge in [0, 0.05) is 18.8 Å². The van der Waals surface area contributed by atoms with Gasteiger partial charge in [-0.2, -0.15) is 0 Å². The number of fused-ring (bicyclic) bond motifs is 1. The molecule has 0 aromatic heterocycles. The third-order valence-electron chi connectivity index (χ3n) is 4.23. The van der Waals surface area contributed by atoms with E-state index >= 15 is 0 Å². The molecule has 6 heteroatoms. The van der Waals surface area contributed by atoms with Crippen LogP contribution in [0.25, 0.3) is 0 Å².